The maximum absolute atomic E-state index is 12.4. The second-order valence-electron chi connectivity index (χ2n) is 5.84. The molecule has 7 nitrogen and oxygen atoms in total. The van der Waals surface area contributed by atoms with Crippen LogP contribution in [0.25, 0.3) is 11.4 Å². The average molecular weight is 417 g/mol. The van der Waals surface area contributed by atoms with Crippen LogP contribution < -0.4 is 5.32 Å². The minimum Gasteiger partial charge on any atom is -0.465 e. The van der Waals surface area contributed by atoms with Crippen molar-refractivity contribution in [2.75, 3.05) is 18.2 Å². The summed E-state index contributed by atoms with van der Waals surface area (Å²) in [5.74, 6) is 0.243. The van der Waals surface area contributed by atoms with Crippen LogP contribution in [0, 0.1) is 6.92 Å². The Balaban J connectivity index is 1.69. The third kappa shape index (κ3) is 4.42. The van der Waals surface area contributed by atoms with Crippen LogP contribution in [0.3, 0.4) is 0 Å². The van der Waals surface area contributed by atoms with Gasteiger partial charge in [-0.25, -0.2) is 4.79 Å². The van der Waals surface area contributed by atoms with Crippen molar-refractivity contribution in [2.45, 2.75) is 25.5 Å². The van der Waals surface area contributed by atoms with Gasteiger partial charge >= 0.3 is 5.97 Å². The number of methoxy groups -OCH3 is 1. The van der Waals surface area contributed by atoms with Gasteiger partial charge in [-0.05, 0) is 19.9 Å². The number of esters is 1. The maximum atomic E-state index is 12.4. The molecule has 1 N–H and O–H groups in total. The molecule has 28 heavy (non-hydrogen) atoms. The number of thiophene rings is 1. The number of thioether (sulfide) groups is 1. The molecule has 3 aromatic rings. The van der Waals surface area contributed by atoms with Crippen molar-refractivity contribution in [3.05, 3.63) is 46.8 Å². The number of anilines is 1. The molecule has 0 saturated heterocycles. The zero-order valence-electron chi connectivity index (χ0n) is 15.8. The van der Waals surface area contributed by atoms with Gasteiger partial charge in [0.25, 0.3) is 0 Å². The predicted octanol–water partition coefficient (Wildman–Crippen LogP) is 3.85. The lowest BCUT2D eigenvalue weighted by Gasteiger charge is -2.08. The molecule has 0 bridgehead atoms. The molecule has 2 heterocycles. The Kier molecular flexibility index (Phi) is 6.48. The lowest BCUT2D eigenvalue weighted by atomic mass is 10.2. The molecule has 1 aromatic carbocycles. The summed E-state index contributed by atoms with van der Waals surface area (Å²) in [7, 11) is 1.32. The zero-order chi connectivity index (χ0) is 20.1. The topological polar surface area (TPSA) is 86.1 Å². The summed E-state index contributed by atoms with van der Waals surface area (Å²) < 4.78 is 6.74. The SMILES string of the molecule is CCn1c(SCC(=O)Nc2sc(C)cc2C(=O)OC)nnc1-c1ccccc1. The number of aryl methyl sites for hydroxylation is 1. The van der Waals surface area contributed by atoms with E-state index in [-0.39, 0.29) is 11.7 Å². The molecule has 0 atom stereocenters. The van der Waals surface area contributed by atoms with Crippen LogP contribution in [-0.2, 0) is 16.1 Å². The van der Waals surface area contributed by atoms with Gasteiger partial charge in [0.05, 0.1) is 18.4 Å². The largest absolute Gasteiger partial charge is 0.465 e. The van der Waals surface area contributed by atoms with E-state index in [0.29, 0.717) is 22.3 Å². The maximum Gasteiger partial charge on any atom is 0.340 e. The Morgan fingerprint density at radius 3 is 2.68 bits per heavy atom. The number of carbonyl (C=O) groups excluding carboxylic acids is 2. The standard InChI is InChI=1S/C19H20N4O3S2/c1-4-23-16(13-8-6-5-7-9-13)21-22-19(23)27-11-15(24)20-17-14(18(25)26-3)10-12(2)28-17/h5-10H,4,11H2,1-3H3,(H,20,24). The van der Waals surface area contributed by atoms with E-state index in [4.69, 9.17) is 4.74 Å². The Morgan fingerprint density at radius 2 is 2.00 bits per heavy atom. The van der Waals surface area contributed by atoms with Crippen molar-refractivity contribution in [1.82, 2.24) is 14.8 Å². The van der Waals surface area contributed by atoms with Gasteiger partial charge in [-0.15, -0.1) is 21.5 Å². The summed E-state index contributed by atoms with van der Waals surface area (Å²) >= 11 is 2.65. The Bertz CT molecular complexity index is 982. The Labute approximate surface area is 171 Å². The Morgan fingerprint density at radius 1 is 1.25 bits per heavy atom. The van der Waals surface area contributed by atoms with Crippen LogP contribution >= 0.6 is 23.1 Å². The van der Waals surface area contributed by atoms with Crippen molar-refractivity contribution in [3.63, 3.8) is 0 Å². The minimum absolute atomic E-state index is 0.157. The van der Waals surface area contributed by atoms with E-state index in [0.717, 1.165) is 16.3 Å². The number of carbonyl (C=O) groups is 2. The molecule has 3 rings (SSSR count). The lowest BCUT2D eigenvalue weighted by Crippen LogP contribution is -2.16. The number of ether oxygens (including phenoxy) is 1. The summed E-state index contributed by atoms with van der Waals surface area (Å²) in [5.41, 5.74) is 1.34. The highest BCUT2D eigenvalue weighted by atomic mass is 32.2. The van der Waals surface area contributed by atoms with Crippen LogP contribution in [0.1, 0.15) is 22.2 Å². The van der Waals surface area contributed by atoms with E-state index in [9.17, 15) is 9.59 Å². The summed E-state index contributed by atoms with van der Waals surface area (Å²) in [6, 6.07) is 11.5. The normalized spacial score (nSPS) is 10.7. The molecular formula is C19H20N4O3S2. The summed E-state index contributed by atoms with van der Waals surface area (Å²) in [6.45, 7) is 4.57. The Hall–Kier alpha value is -2.65. The van der Waals surface area contributed by atoms with E-state index >= 15 is 0 Å². The summed E-state index contributed by atoms with van der Waals surface area (Å²) in [6.07, 6.45) is 0. The fraction of sp³-hybridized carbons (Fsp3) is 0.263. The monoisotopic (exact) mass is 416 g/mol. The highest BCUT2D eigenvalue weighted by Crippen LogP contribution is 2.29. The smallest absolute Gasteiger partial charge is 0.340 e. The van der Waals surface area contributed by atoms with Crippen LogP contribution in [0.15, 0.2) is 41.6 Å². The fourth-order valence-electron chi connectivity index (χ4n) is 2.64. The molecule has 0 aliphatic carbocycles. The third-order valence-electron chi connectivity index (χ3n) is 3.91. The number of aromatic nitrogens is 3. The van der Waals surface area contributed by atoms with Gasteiger partial charge in [0.15, 0.2) is 11.0 Å². The number of rotatable bonds is 7. The van der Waals surface area contributed by atoms with Crippen LogP contribution in [0.5, 0.6) is 0 Å². The molecule has 0 saturated carbocycles. The average Bonchev–Trinajstić information content (AvgIpc) is 3.29. The predicted molar refractivity (Wildman–Crippen MR) is 111 cm³/mol. The number of benzene rings is 1. The second kappa shape index (κ2) is 9.03. The van der Waals surface area contributed by atoms with Crippen molar-refractivity contribution < 1.29 is 14.3 Å². The van der Waals surface area contributed by atoms with E-state index in [2.05, 4.69) is 15.5 Å². The van der Waals surface area contributed by atoms with Crippen LogP contribution in [0.2, 0.25) is 0 Å². The quantitative estimate of drug-likeness (QED) is 0.465. The number of hydrogen-bond acceptors (Lipinski definition) is 7. The van der Waals surface area contributed by atoms with Gasteiger partial charge in [0.1, 0.15) is 5.00 Å². The summed E-state index contributed by atoms with van der Waals surface area (Å²) in [5, 5.41) is 12.5. The molecule has 0 unspecified atom stereocenters. The third-order valence-corrected chi connectivity index (χ3v) is 5.84. The van der Waals surface area contributed by atoms with Crippen molar-refractivity contribution in [2.24, 2.45) is 0 Å². The van der Waals surface area contributed by atoms with Crippen molar-refractivity contribution in [1.29, 1.82) is 0 Å². The van der Waals surface area contributed by atoms with Crippen molar-refractivity contribution in [3.8, 4) is 11.4 Å². The van der Waals surface area contributed by atoms with E-state index in [1.165, 1.54) is 30.2 Å². The number of hydrogen-bond donors (Lipinski definition) is 1. The first-order valence-electron chi connectivity index (χ1n) is 8.63. The first-order chi connectivity index (χ1) is 13.5. The van der Waals surface area contributed by atoms with Gasteiger partial charge in [0, 0.05) is 17.0 Å². The first kappa shape index (κ1) is 20.1. The molecule has 0 fully saturated rings. The van der Waals surface area contributed by atoms with Crippen LogP contribution in [-0.4, -0.2) is 39.5 Å². The molecular weight excluding hydrogens is 396 g/mol. The fourth-order valence-corrected chi connectivity index (χ4v) is 4.36. The molecule has 0 spiro atoms. The second-order valence-corrected chi connectivity index (χ2v) is 8.04. The van der Waals surface area contributed by atoms with E-state index < -0.39 is 5.97 Å². The highest BCUT2D eigenvalue weighted by molar-refractivity contribution is 7.99. The number of nitrogens with zero attached hydrogens (tertiary/aromatic N) is 3. The molecule has 0 aliphatic rings. The van der Waals surface area contributed by atoms with Crippen LogP contribution in [0.4, 0.5) is 5.00 Å². The first-order valence-corrected chi connectivity index (χ1v) is 10.4. The lowest BCUT2D eigenvalue weighted by molar-refractivity contribution is -0.113. The summed E-state index contributed by atoms with van der Waals surface area (Å²) in [4.78, 5) is 25.2. The van der Waals surface area contributed by atoms with Gasteiger partial charge in [-0.2, -0.15) is 0 Å². The van der Waals surface area contributed by atoms with Gasteiger partial charge in [-0.1, -0.05) is 42.1 Å². The molecule has 2 aromatic heterocycles. The molecule has 1 amide bonds. The molecule has 0 radical (unpaired) electrons. The highest BCUT2D eigenvalue weighted by Gasteiger charge is 2.19. The van der Waals surface area contributed by atoms with Crippen molar-refractivity contribution >= 4 is 40.0 Å². The number of amides is 1. The number of nitrogens with one attached hydrogen (secondary N) is 1. The van der Waals surface area contributed by atoms with Gasteiger partial charge in [0.2, 0.25) is 5.91 Å². The molecule has 9 heteroatoms. The van der Waals surface area contributed by atoms with E-state index in [1.54, 1.807) is 6.07 Å². The minimum atomic E-state index is -0.467. The van der Waals surface area contributed by atoms with Gasteiger partial charge in [-0.3, -0.25) is 4.79 Å². The van der Waals surface area contributed by atoms with E-state index in [1.807, 2.05) is 48.7 Å². The molecule has 146 valence electrons. The molecule has 0 aliphatic heterocycles. The van der Waals surface area contributed by atoms with Gasteiger partial charge < -0.3 is 14.6 Å². The zero-order valence-corrected chi connectivity index (χ0v) is 17.4.